The average Bonchev–Trinajstić information content (AvgIpc) is 2.59. The minimum absolute atomic E-state index is 0.451. The van der Waals surface area contributed by atoms with E-state index in [0.29, 0.717) is 13.0 Å². The number of alkyl halides is 1. The van der Waals surface area contributed by atoms with Crippen molar-refractivity contribution in [1.29, 1.82) is 0 Å². The van der Waals surface area contributed by atoms with Crippen molar-refractivity contribution >= 4 is 27.3 Å². The SMILES string of the molecule is FC1(c2sccc2Br)CCNC1. The Bertz CT molecular complexity index is 280. The van der Waals surface area contributed by atoms with Gasteiger partial charge in [-0.25, -0.2) is 4.39 Å². The Hall–Kier alpha value is 0.0700. The summed E-state index contributed by atoms with van der Waals surface area (Å²) in [5.74, 6) is 0. The minimum Gasteiger partial charge on any atom is -0.313 e. The highest BCUT2D eigenvalue weighted by atomic mass is 79.9. The smallest absolute Gasteiger partial charge is 0.159 e. The van der Waals surface area contributed by atoms with E-state index in [2.05, 4.69) is 21.2 Å². The lowest BCUT2D eigenvalue weighted by atomic mass is 10.0. The van der Waals surface area contributed by atoms with Gasteiger partial charge >= 0.3 is 0 Å². The lowest BCUT2D eigenvalue weighted by Crippen LogP contribution is -2.22. The zero-order valence-corrected chi connectivity index (χ0v) is 8.84. The standard InChI is InChI=1S/C8H9BrFNS/c9-6-1-4-12-7(6)8(10)2-3-11-5-8/h1,4,11H,2-3,5H2. The number of rotatable bonds is 1. The molecule has 0 bridgehead atoms. The maximum Gasteiger partial charge on any atom is 0.159 e. The van der Waals surface area contributed by atoms with Gasteiger partial charge in [-0.3, -0.25) is 0 Å². The predicted octanol–water partition coefficient (Wildman–Crippen LogP) is 2.67. The van der Waals surface area contributed by atoms with Gasteiger partial charge in [0, 0.05) is 17.4 Å². The summed E-state index contributed by atoms with van der Waals surface area (Å²) >= 11 is 4.84. The zero-order valence-electron chi connectivity index (χ0n) is 6.44. The van der Waals surface area contributed by atoms with Gasteiger partial charge in [-0.1, -0.05) is 0 Å². The van der Waals surface area contributed by atoms with Crippen molar-refractivity contribution in [3.05, 3.63) is 20.8 Å². The fourth-order valence-electron chi connectivity index (χ4n) is 1.47. The van der Waals surface area contributed by atoms with Gasteiger partial charge < -0.3 is 5.32 Å². The normalized spacial score (nSPS) is 29.5. The molecule has 1 nitrogen and oxygen atoms in total. The predicted molar refractivity (Wildman–Crippen MR) is 52.3 cm³/mol. The van der Waals surface area contributed by atoms with Crippen LogP contribution in [0.25, 0.3) is 0 Å². The third kappa shape index (κ3) is 1.32. The van der Waals surface area contributed by atoms with Crippen molar-refractivity contribution < 1.29 is 4.39 Å². The second-order valence-corrected chi connectivity index (χ2v) is 4.76. The molecular weight excluding hydrogens is 241 g/mol. The van der Waals surface area contributed by atoms with E-state index in [1.54, 1.807) is 0 Å². The second kappa shape index (κ2) is 3.09. The van der Waals surface area contributed by atoms with Gasteiger partial charge in [-0.15, -0.1) is 11.3 Å². The van der Waals surface area contributed by atoms with Gasteiger partial charge in [0.05, 0.1) is 4.88 Å². The van der Waals surface area contributed by atoms with Crippen LogP contribution < -0.4 is 5.32 Å². The summed E-state index contributed by atoms with van der Waals surface area (Å²) in [5.41, 5.74) is -1.13. The zero-order chi connectivity index (χ0) is 8.60. The first-order valence-corrected chi connectivity index (χ1v) is 5.53. The molecule has 66 valence electrons. The van der Waals surface area contributed by atoms with Gasteiger partial charge in [0.2, 0.25) is 0 Å². The molecule has 4 heteroatoms. The molecule has 2 heterocycles. The van der Waals surface area contributed by atoms with E-state index < -0.39 is 5.67 Å². The van der Waals surface area contributed by atoms with Gasteiger partial charge in [0.1, 0.15) is 0 Å². The Balaban J connectivity index is 2.34. The Labute approximate surface area is 83.1 Å². The maximum absolute atomic E-state index is 14.1. The monoisotopic (exact) mass is 249 g/mol. The van der Waals surface area contributed by atoms with E-state index >= 15 is 0 Å². The molecule has 1 N–H and O–H groups in total. The molecule has 1 fully saturated rings. The highest BCUT2D eigenvalue weighted by Crippen LogP contribution is 2.40. The number of nitrogens with one attached hydrogen (secondary N) is 1. The van der Waals surface area contributed by atoms with Crippen molar-refractivity contribution in [2.45, 2.75) is 12.1 Å². The van der Waals surface area contributed by atoms with Crippen molar-refractivity contribution in [3.63, 3.8) is 0 Å². The van der Waals surface area contributed by atoms with Crippen LogP contribution in [-0.4, -0.2) is 13.1 Å². The Morgan fingerprint density at radius 1 is 1.67 bits per heavy atom. The lowest BCUT2D eigenvalue weighted by Gasteiger charge is -2.16. The fraction of sp³-hybridized carbons (Fsp3) is 0.500. The lowest BCUT2D eigenvalue weighted by molar-refractivity contribution is 0.198. The summed E-state index contributed by atoms with van der Waals surface area (Å²) in [5, 5.41) is 4.95. The average molecular weight is 250 g/mol. The Kier molecular flexibility index (Phi) is 2.23. The molecule has 1 saturated heterocycles. The fourth-order valence-corrected chi connectivity index (χ4v) is 3.32. The molecular formula is C8H9BrFNS. The van der Waals surface area contributed by atoms with E-state index in [9.17, 15) is 4.39 Å². The molecule has 1 aromatic heterocycles. The summed E-state index contributed by atoms with van der Waals surface area (Å²) in [7, 11) is 0. The topological polar surface area (TPSA) is 12.0 Å². The summed E-state index contributed by atoms with van der Waals surface area (Å²) in [4.78, 5) is 0.826. The van der Waals surface area contributed by atoms with Crippen molar-refractivity contribution in [1.82, 2.24) is 5.32 Å². The third-order valence-electron chi connectivity index (χ3n) is 2.13. The quantitative estimate of drug-likeness (QED) is 0.808. The van der Waals surface area contributed by atoms with Crippen LogP contribution in [0.5, 0.6) is 0 Å². The maximum atomic E-state index is 14.1. The molecule has 1 unspecified atom stereocenters. The van der Waals surface area contributed by atoms with Crippen molar-refractivity contribution in [2.75, 3.05) is 13.1 Å². The molecule has 1 aliphatic rings. The molecule has 0 saturated carbocycles. The molecule has 0 amide bonds. The molecule has 12 heavy (non-hydrogen) atoms. The van der Waals surface area contributed by atoms with E-state index in [-0.39, 0.29) is 0 Å². The van der Waals surface area contributed by atoms with Crippen LogP contribution in [0.4, 0.5) is 4.39 Å². The molecule has 0 aromatic carbocycles. The number of hydrogen-bond acceptors (Lipinski definition) is 2. The van der Waals surface area contributed by atoms with Crippen LogP contribution in [0.15, 0.2) is 15.9 Å². The molecule has 0 radical (unpaired) electrons. The summed E-state index contributed by atoms with van der Waals surface area (Å²) < 4.78 is 15.0. The number of hydrogen-bond donors (Lipinski definition) is 1. The van der Waals surface area contributed by atoms with Crippen molar-refractivity contribution in [2.24, 2.45) is 0 Å². The highest BCUT2D eigenvalue weighted by molar-refractivity contribution is 9.10. The third-order valence-corrected chi connectivity index (χ3v) is 4.14. The molecule has 0 aliphatic carbocycles. The minimum atomic E-state index is -1.13. The number of thiophene rings is 1. The molecule has 1 aromatic rings. The van der Waals surface area contributed by atoms with Gasteiger partial charge in [0.25, 0.3) is 0 Å². The number of halogens is 2. The highest BCUT2D eigenvalue weighted by Gasteiger charge is 2.37. The van der Waals surface area contributed by atoms with Crippen LogP contribution in [0.1, 0.15) is 11.3 Å². The van der Waals surface area contributed by atoms with Crippen molar-refractivity contribution in [3.8, 4) is 0 Å². The summed E-state index contributed by atoms with van der Waals surface area (Å²) in [6.07, 6.45) is 0.589. The van der Waals surface area contributed by atoms with Crippen LogP contribution >= 0.6 is 27.3 Å². The molecule has 1 atom stereocenters. The Morgan fingerprint density at radius 2 is 2.50 bits per heavy atom. The summed E-state index contributed by atoms with van der Waals surface area (Å²) in [6, 6.07) is 1.90. The van der Waals surface area contributed by atoms with Gasteiger partial charge in [-0.05, 0) is 33.9 Å². The molecule has 1 aliphatic heterocycles. The largest absolute Gasteiger partial charge is 0.313 e. The van der Waals surface area contributed by atoms with Crippen LogP contribution in [0.3, 0.4) is 0 Å². The summed E-state index contributed by atoms with van der Waals surface area (Å²) in [6.45, 7) is 1.23. The second-order valence-electron chi connectivity index (χ2n) is 2.99. The van der Waals surface area contributed by atoms with Gasteiger partial charge in [-0.2, -0.15) is 0 Å². The molecule has 0 spiro atoms. The van der Waals surface area contributed by atoms with E-state index in [0.717, 1.165) is 15.9 Å². The first-order valence-electron chi connectivity index (χ1n) is 3.85. The van der Waals surface area contributed by atoms with E-state index in [1.807, 2.05) is 11.4 Å². The van der Waals surface area contributed by atoms with Crippen LogP contribution in [0, 0.1) is 0 Å². The van der Waals surface area contributed by atoms with E-state index in [4.69, 9.17) is 0 Å². The molecule has 2 rings (SSSR count). The Morgan fingerprint density at radius 3 is 3.00 bits per heavy atom. The van der Waals surface area contributed by atoms with Gasteiger partial charge in [0.15, 0.2) is 5.67 Å². The van der Waals surface area contributed by atoms with Crippen LogP contribution in [-0.2, 0) is 5.67 Å². The van der Waals surface area contributed by atoms with E-state index in [1.165, 1.54) is 11.3 Å². The van der Waals surface area contributed by atoms with Crippen LogP contribution in [0.2, 0.25) is 0 Å². The first-order chi connectivity index (χ1) is 5.72. The first kappa shape index (κ1) is 8.66.